The van der Waals surface area contributed by atoms with Crippen LogP contribution in [-0.2, 0) is 12.4 Å². The lowest BCUT2D eigenvalue weighted by Crippen LogP contribution is -2.22. The fourth-order valence-corrected chi connectivity index (χ4v) is 3.55. The Bertz CT molecular complexity index is 628. The van der Waals surface area contributed by atoms with E-state index in [1.807, 2.05) is 0 Å². The van der Waals surface area contributed by atoms with Crippen molar-refractivity contribution in [2.75, 3.05) is 6.54 Å². The van der Waals surface area contributed by atoms with Gasteiger partial charge in [-0.05, 0) is 37.0 Å². The molecule has 0 radical (unpaired) electrons. The average Bonchev–Trinajstić information content (AvgIpc) is 3.33. The second kappa shape index (κ2) is 6.21. The molecule has 1 aliphatic heterocycles. The topological polar surface area (TPSA) is 20.1 Å². The van der Waals surface area contributed by atoms with E-state index < -0.39 is 35.0 Å². The fourth-order valence-electron chi connectivity index (χ4n) is 3.55. The number of alkyl halides is 6. The van der Waals surface area contributed by atoms with Crippen molar-refractivity contribution >= 4 is 5.91 Å². The lowest BCUT2D eigenvalue weighted by atomic mass is 9.87. The first kappa shape index (κ1) is 18.1. The minimum absolute atomic E-state index is 0.0393. The summed E-state index contributed by atoms with van der Waals surface area (Å²) in [6.45, 7) is 0.404. The number of hydrogen-bond acceptors (Lipinski definition) is 1. The number of halogens is 6. The molecule has 1 saturated carbocycles. The van der Waals surface area contributed by atoms with Crippen LogP contribution in [0, 0.1) is 5.92 Å². The Morgan fingerprint density at radius 3 is 1.88 bits per heavy atom. The second-order valence-corrected chi connectivity index (χ2v) is 6.72. The highest BCUT2D eigenvalue weighted by atomic mass is 19.4. The van der Waals surface area contributed by atoms with Gasteiger partial charge < -0.3 is 4.90 Å². The first-order valence-corrected chi connectivity index (χ1v) is 8.18. The van der Waals surface area contributed by atoms with Crippen molar-refractivity contribution in [3.8, 4) is 0 Å². The SMILES string of the molecule is O=C(c1cc(C(F)(F)F)cc(C(F)(F)F)c1)N1C[C@@H]1C1CCCCC1. The molecule has 0 unspecified atom stereocenters. The zero-order chi connectivity index (χ0) is 18.4. The third-order valence-electron chi connectivity index (χ3n) is 4.94. The van der Waals surface area contributed by atoms with E-state index in [2.05, 4.69) is 0 Å². The van der Waals surface area contributed by atoms with E-state index in [-0.39, 0.29) is 12.1 Å². The highest BCUT2D eigenvalue weighted by molar-refractivity contribution is 5.96. The summed E-state index contributed by atoms with van der Waals surface area (Å²) >= 11 is 0. The van der Waals surface area contributed by atoms with Crippen molar-refractivity contribution in [3.63, 3.8) is 0 Å². The number of hydrogen-bond donors (Lipinski definition) is 0. The van der Waals surface area contributed by atoms with E-state index in [4.69, 9.17) is 0 Å². The third kappa shape index (κ3) is 3.93. The van der Waals surface area contributed by atoms with Crippen LogP contribution in [0.15, 0.2) is 18.2 Å². The molecule has 2 nitrogen and oxygen atoms in total. The molecule has 8 heteroatoms. The first-order valence-electron chi connectivity index (χ1n) is 8.18. The van der Waals surface area contributed by atoms with Crippen molar-refractivity contribution < 1.29 is 31.1 Å². The lowest BCUT2D eigenvalue weighted by Gasteiger charge is -2.21. The molecule has 0 bridgehead atoms. The molecule has 138 valence electrons. The maximum atomic E-state index is 12.9. The Kier molecular flexibility index (Phi) is 4.49. The molecule has 1 amide bonds. The van der Waals surface area contributed by atoms with Crippen LogP contribution >= 0.6 is 0 Å². The molecular weight excluding hydrogens is 348 g/mol. The van der Waals surface area contributed by atoms with E-state index >= 15 is 0 Å². The fraction of sp³-hybridized carbons (Fsp3) is 0.588. The van der Waals surface area contributed by atoms with Gasteiger partial charge in [0.05, 0.1) is 17.2 Å². The summed E-state index contributed by atoms with van der Waals surface area (Å²) in [6, 6.07) is 0.996. The molecule has 1 atom stereocenters. The van der Waals surface area contributed by atoms with E-state index in [1.165, 1.54) is 4.90 Å². The van der Waals surface area contributed by atoms with Crippen molar-refractivity contribution in [1.29, 1.82) is 0 Å². The predicted molar refractivity (Wildman–Crippen MR) is 77.8 cm³/mol. The van der Waals surface area contributed by atoms with Crippen molar-refractivity contribution in [3.05, 3.63) is 34.9 Å². The average molecular weight is 365 g/mol. The van der Waals surface area contributed by atoms with Gasteiger partial charge in [-0.2, -0.15) is 26.3 Å². The summed E-state index contributed by atoms with van der Waals surface area (Å²) in [5, 5.41) is 0. The minimum atomic E-state index is -4.95. The van der Waals surface area contributed by atoms with Gasteiger partial charge in [-0.25, -0.2) is 0 Å². The highest BCUT2D eigenvalue weighted by Gasteiger charge is 2.45. The molecule has 1 aromatic carbocycles. The Hall–Kier alpha value is -1.73. The van der Waals surface area contributed by atoms with Crippen molar-refractivity contribution in [2.24, 2.45) is 5.92 Å². The summed E-state index contributed by atoms with van der Waals surface area (Å²) in [6.07, 6.45) is -4.78. The van der Waals surface area contributed by atoms with Crippen LogP contribution in [0.2, 0.25) is 0 Å². The number of rotatable bonds is 2. The van der Waals surface area contributed by atoms with Gasteiger partial charge in [0, 0.05) is 12.1 Å². The summed E-state index contributed by atoms with van der Waals surface area (Å²) < 4.78 is 77.3. The lowest BCUT2D eigenvalue weighted by molar-refractivity contribution is -0.143. The van der Waals surface area contributed by atoms with Gasteiger partial charge in [0.25, 0.3) is 5.91 Å². The smallest absolute Gasteiger partial charge is 0.332 e. The minimum Gasteiger partial charge on any atom is -0.332 e. The normalized spacial score (nSPS) is 22.2. The second-order valence-electron chi connectivity index (χ2n) is 6.72. The molecule has 2 fully saturated rings. The molecule has 0 aromatic heterocycles. The summed E-state index contributed by atoms with van der Waals surface area (Å²) in [5.74, 6) is -0.460. The third-order valence-corrected chi connectivity index (χ3v) is 4.94. The molecule has 1 aliphatic carbocycles. The van der Waals surface area contributed by atoms with Crippen LogP contribution in [0.1, 0.15) is 53.6 Å². The Morgan fingerprint density at radius 1 is 0.880 bits per heavy atom. The van der Waals surface area contributed by atoms with Gasteiger partial charge >= 0.3 is 12.4 Å². The Labute approximate surface area is 140 Å². The zero-order valence-corrected chi connectivity index (χ0v) is 13.3. The molecule has 0 spiro atoms. The van der Waals surface area contributed by atoms with Crippen LogP contribution in [0.25, 0.3) is 0 Å². The van der Waals surface area contributed by atoms with Crippen LogP contribution in [-0.4, -0.2) is 23.4 Å². The molecule has 2 aliphatic rings. The van der Waals surface area contributed by atoms with E-state index in [0.29, 0.717) is 24.6 Å². The van der Waals surface area contributed by atoms with Gasteiger partial charge in [0.2, 0.25) is 0 Å². The van der Waals surface area contributed by atoms with Crippen molar-refractivity contribution in [1.82, 2.24) is 4.90 Å². The van der Waals surface area contributed by atoms with Crippen molar-refractivity contribution in [2.45, 2.75) is 50.5 Å². The zero-order valence-electron chi connectivity index (χ0n) is 13.3. The summed E-state index contributed by atoms with van der Waals surface area (Å²) in [4.78, 5) is 13.8. The number of nitrogens with zero attached hydrogens (tertiary/aromatic N) is 1. The van der Waals surface area contributed by atoms with Gasteiger partial charge in [0.15, 0.2) is 0 Å². The largest absolute Gasteiger partial charge is 0.416 e. The summed E-state index contributed by atoms with van der Waals surface area (Å²) in [7, 11) is 0. The molecular formula is C17H17F6NO. The van der Waals surface area contributed by atoms with Crippen LogP contribution < -0.4 is 0 Å². The van der Waals surface area contributed by atoms with Crippen LogP contribution in [0.3, 0.4) is 0 Å². The summed E-state index contributed by atoms with van der Waals surface area (Å²) in [5.41, 5.74) is -3.47. The van der Waals surface area contributed by atoms with Gasteiger partial charge in [-0.15, -0.1) is 0 Å². The highest BCUT2D eigenvalue weighted by Crippen LogP contribution is 2.39. The maximum absolute atomic E-state index is 12.9. The molecule has 1 aromatic rings. The van der Waals surface area contributed by atoms with Gasteiger partial charge in [-0.1, -0.05) is 19.3 Å². The number of benzene rings is 1. The van der Waals surface area contributed by atoms with E-state index in [9.17, 15) is 31.1 Å². The van der Waals surface area contributed by atoms with E-state index in [1.54, 1.807) is 0 Å². The monoisotopic (exact) mass is 365 g/mol. The first-order chi connectivity index (χ1) is 11.6. The molecule has 1 saturated heterocycles. The molecule has 25 heavy (non-hydrogen) atoms. The number of carbonyl (C=O) groups excluding carboxylic acids is 1. The standard InChI is InChI=1S/C17H17F6NO/c18-16(19,20)12-6-11(7-13(8-12)17(21,22)23)15(25)24-9-14(24)10-4-2-1-3-5-10/h6-8,10,14H,1-5,9H2/t14-,24?/m1/s1. The number of carbonyl (C=O) groups is 1. The maximum Gasteiger partial charge on any atom is 0.416 e. The van der Waals surface area contributed by atoms with Crippen LogP contribution in [0.4, 0.5) is 26.3 Å². The van der Waals surface area contributed by atoms with Gasteiger partial charge in [0.1, 0.15) is 0 Å². The predicted octanol–water partition coefficient (Wildman–Crippen LogP) is 5.13. The Balaban J connectivity index is 1.85. The van der Waals surface area contributed by atoms with E-state index in [0.717, 1.165) is 32.1 Å². The molecule has 0 N–H and O–H groups in total. The number of amides is 1. The molecule has 3 rings (SSSR count). The quantitative estimate of drug-likeness (QED) is 0.526. The van der Waals surface area contributed by atoms with Crippen LogP contribution in [0.5, 0.6) is 0 Å². The Morgan fingerprint density at radius 2 is 1.40 bits per heavy atom. The van der Waals surface area contributed by atoms with Gasteiger partial charge in [-0.3, -0.25) is 4.79 Å². The molecule has 1 heterocycles.